The van der Waals surface area contributed by atoms with Crippen LogP contribution < -0.4 is 5.32 Å². The molecule has 0 aliphatic heterocycles. The lowest BCUT2D eigenvalue weighted by Gasteiger charge is -2.14. The van der Waals surface area contributed by atoms with Crippen molar-refractivity contribution in [3.63, 3.8) is 0 Å². The van der Waals surface area contributed by atoms with E-state index < -0.39 is 0 Å². The Morgan fingerprint density at radius 2 is 2.12 bits per heavy atom. The summed E-state index contributed by atoms with van der Waals surface area (Å²) in [5.41, 5.74) is 3.47. The van der Waals surface area contributed by atoms with Crippen LogP contribution in [0.1, 0.15) is 29.2 Å². The van der Waals surface area contributed by atoms with Crippen molar-refractivity contribution in [1.82, 2.24) is 4.98 Å². The second-order valence-electron chi connectivity index (χ2n) is 4.12. The van der Waals surface area contributed by atoms with E-state index in [1.807, 2.05) is 6.92 Å². The molecule has 0 bridgehead atoms. The number of halogens is 1. The molecule has 2 nitrogen and oxygen atoms in total. The summed E-state index contributed by atoms with van der Waals surface area (Å²) < 4.78 is 1.14. The first-order chi connectivity index (χ1) is 8.06. The standard InChI is InChI=1S/C13H15BrN2S/c1-8-6-11(4-5-12(8)14)15-9(2)13-7-17-10(3)16-13/h4-7,9,15H,1-3H3. The van der Waals surface area contributed by atoms with E-state index in [4.69, 9.17) is 0 Å². The van der Waals surface area contributed by atoms with Gasteiger partial charge in [0.25, 0.3) is 0 Å². The lowest BCUT2D eigenvalue weighted by molar-refractivity contribution is 0.845. The lowest BCUT2D eigenvalue weighted by atomic mass is 10.2. The maximum Gasteiger partial charge on any atom is 0.0898 e. The minimum Gasteiger partial charge on any atom is -0.377 e. The van der Waals surface area contributed by atoms with Crippen molar-refractivity contribution >= 4 is 33.0 Å². The van der Waals surface area contributed by atoms with E-state index in [0.717, 1.165) is 20.9 Å². The molecule has 0 radical (unpaired) electrons. The van der Waals surface area contributed by atoms with Gasteiger partial charge in [-0.1, -0.05) is 15.9 Å². The number of nitrogens with zero attached hydrogens (tertiary/aromatic N) is 1. The maximum absolute atomic E-state index is 4.49. The van der Waals surface area contributed by atoms with Gasteiger partial charge in [0.1, 0.15) is 0 Å². The highest BCUT2D eigenvalue weighted by Crippen LogP contribution is 2.24. The van der Waals surface area contributed by atoms with E-state index in [1.54, 1.807) is 11.3 Å². The first-order valence-corrected chi connectivity index (χ1v) is 7.18. The highest BCUT2D eigenvalue weighted by molar-refractivity contribution is 9.10. The van der Waals surface area contributed by atoms with Crippen LogP contribution in [-0.4, -0.2) is 4.98 Å². The predicted molar refractivity (Wildman–Crippen MR) is 77.8 cm³/mol. The van der Waals surface area contributed by atoms with Crippen LogP contribution in [0, 0.1) is 13.8 Å². The lowest BCUT2D eigenvalue weighted by Crippen LogP contribution is -2.07. The molecule has 1 heterocycles. The maximum atomic E-state index is 4.49. The second-order valence-corrected chi connectivity index (χ2v) is 6.04. The number of anilines is 1. The van der Waals surface area contributed by atoms with Gasteiger partial charge < -0.3 is 5.32 Å². The number of rotatable bonds is 3. The van der Waals surface area contributed by atoms with Crippen LogP contribution in [0.25, 0.3) is 0 Å². The average Bonchev–Trinajstić information content (AvgIpc) is 2.70. The van der Waals surface area contributed by atoms with Gasteiger partial charge in [0.2, 0.25) is 0 Å². The molecule has 0 spiro atoms. The fraction of sp³-hybridized carbons (Fsp3) is 0.308. The van der Waals surface area contributed by atoms with Crippen LogP contribution in [0.4, 0.5) is 5.69 Å². The van der Waals surface area contributed by atoms with E-state index >= 15 is 0 Å². The van der Waals surface area contributed by atoms with Crippen molar-refractivity contribution in [2.24, 2.45) is 0 Å². The summed E-state index contributed by atoms with van der Waals surface area (Å²) in [4.78, 5) is 4.49. The Bertz CT molecular complexity index is 522. The molecule has 1 atom stereocenters. The Hall–Kier alpha value is -0.870. The minimum atomic E-state index is 0.237. The van der Waals surface area contributed by atoms with Gasteiger partial charge >= 0.3 is 0 Å². The van der Waals surface area contributed by atoms with Crippen molar-refractivity contribution in [1.29, 1.82) is 0 Å². The number of aromatic nitrogens is 1. The summed E-state index contributed by atoms with van der Waals surface area (Å²) in [6, 6.07) is 6.52. The molecular formula is C13H15BrN2S. The molecular weight excluding hydrogens is 296 g/mol. The fourth-order valence-corrected chi connectivity index (χ4v) is 2.59. The molecule has 17 heavy (non-hydrogen) atoms. The Morgan fingerprint density at radius 1 is 1.35 bits per heavy atom. The summed E-state index contributed by atoms with van der Waals surface area (Å²) in [6.07, 6.45) is 0. The molecule has 0 fully saturated rings. The van der Waals surface area contributed by atoms with Gasteiger partial charge in [0.05, 0.1) is 16.7 Å². The number of aryl methyl sites for hydroxylation is 2. The Kier molecular flexibility index (Phi) is 3.84. The molecule has 0 aliphatic carbocycles. The fourth-order valence-electron chi connectivity index (χ4n) is 1.64. The largest absolute Gasteiger partial charge is 0.377 e. The molecule has 2 aromatic rings. The quantitative estimate of drug-likeness (QED) is 0.889. The number of nitrogens with one attached hydrogen (secondary N) is 1. The summed E-state index contributed by atoms with van der Waals surface area (Å²) in [7, 11) is 0. The van der Waals surface area contributed by atoms with Crippen molar-refractivity contribution < 1.29 is 0 Å². The summed E-state index contributed by atoms with van der Waals surface area (Å²) in [5, 5.41) is 6.68. The van der Waals surface area contributed by atoms with E-state index in [-0.39, 0.29) is 6.04 Å². The summed E-state index contributed by atoms with van der Waals surface area (Å²) >= 11 is 5.20. The molecule has 4 heteroatoms. The number of thiazole rings is 1. The average molecular weight is 311 g/mol. The molecule has 1 unspecified atom stereocenters. The van der Waals surface area contributed by atoms with E-state index in [1.165, 1.54) is 5.56 Å². The van der Waals surface area contributed by atoms with Gasteiger partial charge in [-0.05, 0) is 44.5 Å². The van der Waals surface area contributed by atoms with Crippen molar-refractivity contribution in [2.45, 2.75) is 26.8 Å². The normalized spacial score (nSPS) is 12.5. The summed E-state index contributed by atoms with van der Waals surface area (Å²) in [5.74, 6) is 0. The Balaban J connectivity index is 2.12. The Morgan fingerprint density at radius 3 is 2.71 bits per heavy atom. The molecule has 0 aliphatic rings. The van der Waals surface area contributed by atoms with Crippen LogP contribution in [0.2, 0.25) is 0 Å². The first kappa shape index (κ1) is 12.6. The highest BCUT2D eigenvalue weighted by atomic mass is 79.9. The van der Waals surface area contributed by atoms with Gasteiger partial charge in [0.15, 0.2) is 0 Å². The highest BCUT2D eigenvalue weighted by Gasteiger charge is 2.08. The van der Waals surface area contributed by atoms with Gasteiger partial charge in [-0.15, -0.1) is 11.3 Å². The molecule has 1 aromatic heterocycles. The van der Waals surface area contributed by atoms with Crippen LogP contribution in [0.3, 0.4) is 0 Å². The Labute approximate surface area is 114 Å². The van der Waals surface area contributed by atoms with Gasteiger partial charge in [-0.3, -0.25) is 0 Å². The van der Waals surface area contributed by atoms with Gasteiger partial charge in [0, 0.05) is 15.5 Å². The third kappa shape index (κ3) is 3.07. The molecule has 90 valence electrons. The van der Waals surface area contributed by atoms with Crippen molar-refractivity contribution in [2.75, 3.05) is 5.32 Å². The number of hydrogen-bond donors (Lipinski definition) is 1. The van der Waals surface area contributed by atoms with Crippen molar-refractivity contribution in [3.8, 4) is 0 Å². The van der Waals surface area contributed by atoms with E-state index in [2.05, 4.69) is 63.7 Å². The van der Waals surface area contributed by atoms with Crippen molar-refractivity contribution in [3.05, 3.63) is 44.3 Å². The first-order valence-electron chi connectivity index (χ1n) is 5.51. The second kappa shape index (κ2) is 5.19. The summed E-state index contributed by atoms with van der Waals surface area (Å²) in [6.45, 7) is 6.25. The zero-order valence-corrected chi connectivity index (χ0v) is 12.5. The van der Waals surface area contributed by atoms with Crippen LogP contribution >= 0.6 is 27.3 Å². The zero-order valence-electron chi connectivity index (χ0n) is 10.1. The molecule has 0 saturated heterocycles. The van der Waals surface area contributed by atoms with E-state index in [9.17, 15) is 0 Å². The topological polar surface area (TPSA) is 24.9 Å². The van der Waals surface area contributed by atoms with Crippen LogP contribution in [0.15, 0.2) is 28.1 Å². The zero-order chi connectivity index (χ0) is 12.4. The molecule has 0 saturated carbocycles. The monoisotopic (exact) mass is 310 g/mol. The van der Waals surface area contributed by atoms with Gasteiger partial charge in [-0.2, -0.15) is 0 Å². The molecule has 0 amide bonds. The van der Waals surface area contributed by atoms with Gasteiger partial charge in [-0.25, -0.2) is 4.98 Å². The number of benzene rings is 1. The SMILES string of the molecule is Cc1nc(C(C)Nc2ccc(Br)c(C)c2)cs1. The van der Waals surface area contributed by atoms with E-state index in [0.29, 0.717) is 0 Å². The smallest absolute Gasteiger partial charge is 0.0898 e. The third-order valence-electron chi connectivity index (χ3n) is 2.62. The number of hydrogen-bond acceptors (Lipinski definition) is 3. The predicted octanol–water partition coefficient (Wildman–Crippen LogP) is 4.70. The minimum absolute atomic E-state index is 0.237. The third-order valence-corrected chi connectivity index (χ3v) is 4.30. The molecule has 2 rings (SSSR count). The molecule has 1 N–H and O–H groups in total. The molecule has 1 aromatic carbocycles. The van der Waals surface area contributed by atoms with Crippen LogP contribution in [-0.2, 0) is 0 Å². The van der Waals surface area contributed by atoms with Crippen LogP contribution in [0.5, 0.6) is 0 Å².